The maximum absolute atomic E-state index is 11.9. The van der Waals surface area contributed by atoms with Crippen LogP contribution in [0, 0.1) is 0 Å². The molecule has 0 aliphatic heterocycles. The third-order valence-electron chi connectivity index (χ3n) is 2.33. The van der Waals surface area contributed by atoms with Crippen molar-refractivity contribution in [3.8, 4) is 5.75 Å². The average molecular weight is 258 g/mol. The lowest BCUT2D eigenvalue weighted by Crippen LogP contribution is -2.39. The van der Waals surface area contributed by atoms with Crippen LogP contribution in [0.3, 0.4) is 0 Å². The van der Waals surface area contributed by atoms with Gasteiger partial charge in [-0.1, -0.05) is 12.1 Å². The van der Waals surface area contributed by atoms with Gasteiger partial charge in [0, 0.05) is 13.6 Å². The zero-order chi connectivity index (χ0) is 13.7. The van der Waals surface area contributed by atoms with Crippen molar-refractivity contribution in [2.24, 2.45) is 5.73 Å². The summed E-state index contributed by atoms with van der Waals surface area (Å²) >= 11 is 0. The van der Waals surface area contributed by atoms with E-state index in [0.29, 0.717) is 6.54 Å². The van der Waals surface area contributed by atoms with E-state index in [2.05, 4.69) is 4.74 Å². The molecule has 0 saturated carbocycles. The Labute approximate surface area is 104 Å². The molecule has 1 rings (SSSR count). The van der Waals surface area contributed by atoms with Gasteiger partial charge in [-0.05, 0) is 24.6 Å². The summed E-state index contributed by atoms with van der Waals surface area (Å²) < 4.78 is 28.1. The predicted molar refractivity (Wildman–Crippen MR) is 63.2 cm³/mol. The molecule has 0 heterocycles. The van der Waals surface area contributed by atoms with E-state index in [9.17, 15) is 13.6 Å². The van der Waals surface area contributed by atoms with Crippen LogP contribution in [0.25, 0.3) is 0 Å². The Bertz CT molecular complexity index is 394. The first kappa shape index (κ1) is 14.4. The minimum atomic E-state index is -2.84. The van der Waals surface area contributed by atoms with Gasteiger partial charge in [0.25, 0.3) is 0 Å². The van der Waals surface area contributed by atoms with Gasteiger partial charge < -0.3 is 15.4 Å². The fraction of sp³-hybridized carbons (Fsp3) is 0.417. The minimum Gasteiger partial charge on any atom is -0.435 e. The van der Waals surface area contributed by atoms with Gasteiger partial charge in [0.2, 0.25) is 5.91 Å². The Kier molecular flexibility index (Phi) is 5.03. The topological polar surface area (TPSA) is 55.6 Å². The van der Waals surface area contributed by atoms with E-state index in [0.717, 1.165) is 5.56 Å². The highest BCUT2D eigenvalue weighted by molar-refractivity contribution is 5.80. The van der Waals surface area contributed by atoms with E-state index in [1.165, 1.54) is 17.0 Å². The third kappa shape index (κ3) is 4.29. The van der Waals surface area contributed by atoms with Crippen molar-refractivity contribution in [1.82, 2.24) is 4.90 Å². The second-order valence-corrected chi connectivity index (χ2v) is 4.01. The van der Waals surface area contributed by atoms with Crippen LogP contribution in [-0.4, -0.2) is 30.5 Å². The van der Waals surface area contributed by atoms with Gasteiger partial charge in [0.15, 0.2) is 0 Å². The molecule has 100 valence electrons. The van der Waals surface area contributed by atoms with Crippen LogP contribution in [0.2, 0.25) is 0 Å². The number of rotatable bonds is 5. The number of ether oxygens (including phenoxy) is 1. The normalized spacial score (nSPS) is 12.3. The summed E-state index contributed by atoms with van der Waals surface area (Å²) in [5.74, 6) is -0.0853. The van der Waals surface area contributed by atoms with Crippen molar-refractivity contribution in [2.45, 2.75) is 26.1 Å². The van der Waals surface area contributed by atoms with Crippen LogP contribution >= 0.6 is 0 Å². The number of benzene rings is 1. The highest BCUT2D eigenvalue weighted by Gasteiger charge is 2.13. The second kappa shape index (κ2) is 6.30. The molecule has 0 aliphatic carbocycles. The fourth-order valence-corrected chi connectivity index (χ4v) is 1.48. The fourth-order valence-electron chi connectivity index (χ4n) is 1.48. The molecule has 1 atom stereocenters. The number of amides is 1. The number of hydrogen-bond donors (Lipinski definition) is 1. The van der Waals surface area contributed by atoms with E-state index in [4.69, 9.17) is 5.73 Å². The SMILES string of the molecule is C[C@@H](N)C(=O)N(C)Cc1ccc(OC(F)F)cc1. The van der Waals surface area contributed by atoms with Crippen molar-refractivity contribution in [3.05, 3.63) is 29.8 Å². The van der Waals surface area contributed by atoms with Gasteiger partial charge in [-0.3, -0.25) is 4.79 Å². The van der Waals surface area contributed by atoms with Crippen molar-refractivity contribution in [1.29, 1.82) is 0 Å². The van der Waals surface area contributed by atoms with Crippen molar-refractivity contribution in [3.63, 3.8) is 0 Å². The van der Waals surface area contributed by atoms with Gasteiger partial charge in [-0.25, -0.2) is 0 Å². The molecule has 0 fully saturated rings. The Hall–Kier alpha value is -1.69. The second-order valence-electron chi connectivity index (χ2n) is 4.01. The first-order valence-electron chi connectivity index (χ1n) is 5.44. The van der Waals surface area contributed by atoms with Gasteiger partial charge >= 0.3 is 6.61 Å². The van der Waals surface area contributed by atoms with Crippen LogP contribution < -0.4 is 10.5 Å². The maximum atomic E-state index is 11.9. The van der Waals surface area contributed by atoms with Crippen LogP contribution in [0.15, 0.2) is 24.3 Å². The maximum Gasteiger partial charge on any atom is 0.387 e. The summed E-state index contributed by atoms with van der Waals surface area (Å²) in [5.41, 5.74) is 6.29. The van der Waals surface area contributed by atoms with E-state index in [1.807, 2.05) is 0 Å². The molecule has 0 aromatic heterocycles. The largest absolute Gasteiger partial charge is 0.435 e. The standard InChI is InChI=1S/C12H16F2N2O2/c1-8(15)11(17)16(2)7-9-3-5-10(6-4-9)18-12(13)14/h3-6,8,12H,7,15H2,1-2H3/t8-/m1/s1. The Morgan fingerprint density at radius 2 is 1.94 bits per heavy atom. The Morgan fingerprint density at radius 1 is 1.39 bits per heavy atom. The number of carbonyl (C=O) groups is 1. The zero-order valence-corrected chi connectivity index (χ0v) is 10.3. The molecule has 2 N–H and O–H groups in total. The summed E-state index contributed by atoms with van der Waals surface area (Å²) in [6.45, 7) is -0.855. The molecule has 4 nitrogen and oxygen atoms in total. The number of halogens is 2. The highest BCUT2D eigenvalue weighted by Crippen LogP contribution is 2.15. The van der Waals surface area contributed by atoms with Crippen LogP contribution in [0.4, 0.5) is 8.78 Å². The molecule has 1 amide bonds. The zero-order valence-electron chi connectivity index (χ0n) is 10.3. The molecular weight excluding hydrogens is 242 g/mol. The molecule has 18 heavy (non-hydrogen) atoms. The van der Waals surface area contributed by atoms with Gasteiger partial charge in [-0.2, -0.15) is 8.78 Å². The molecule has 6 heteroatoms. The van der Waals surface area contributed by atoms with Crippen molar-refractivity contribution < 1.29 is 18.3 Å². The lowest BCUT2D eigenvalue weighted by atomic mass is 10.2. The molecule has 0 aliphatic rings. The number of likely N-dealkylation sites (N-methyl/N-ethyl adjacent to an activating group) is 1. The third-order valence-corrected chi connectivity index (χ3v) is 2.33. The van der Waals surface area contributed by atoms with Gasteiger partial charge in [0.1, 0.15) is 5.75 Å². The van der Waals surface area contributed by atoms with Crippen LogP contribution in [-0.2, 0) is 11.3 Å². The molecule has 0 spiro atoms. The summed E-state index contributed by atoms with van der Waals surface area (Å²) in [6.07, 6.45) is 0. The molecule has 0 saturated heterocycles. The molecule has 0 radical (unpaired) electrons. The van der Waals surface area contributed by atoms with Gasteiger partial charge in [0.05, 0.1) is 6.04 Å². The molecular formula is C12H16F2N2O2. The summed E-state index contributed by atoms with van der Waals surface area (Å²) in [5, 5.41) is 0. The Balaban J connectivity index is 2.61. The van der Waals surface area contributed by atoms with E-state index >= 15 is 0 Å². The number of nitrogens with zero attached hydrogens (tertiary/aromatic N) is 1. The number of hydrogen-bond acceptors (Lipinski definition) is 3. The lowest BCUT2D eigenvalue weighted by molar-refractivity contribution is -0.131. The molecule has 1 aromatic carbocycles. The summed E-state index contributed by atoms with van der Waals surface area (Å²) in [4.78, 5) is 13.0. The first-order valence-corrected chi connectivity index (χ1v) is 5.44. The number of alkyl halides is 2. The molecule has 0 unspecified atom stereocenters. The number of nitrogens with two attached hydrogens (primary N) is 1. The van der Waals surface area contributed by atoms with E-state index in [1.54, 1.807) is 26.1 Å². The number of carbonyl (C=O) groups excluding carboxylic acids is 1. The lowest BCUT2D eigenvalue weighted by Gasteiger charge is -2.19. The van der Waals surface area contributed by atoms with E-state index < -0.39 is 12.7 Å². The Morgan fingerprint density at radius 3 is 2.39 bits per heavy atom. The smallest absolute Gasteiger partial charge is 0.387 e. The van der Waals surface area contributed by atoms with Crippen molar-refractivity contribution in [2.75, 3.05) is 7.05 Å². The van der Waals surface area contributed by atoms with Crippen LogP contribution in [0.1, 0.15) is 12.5 Å². The first-order chi connectivity index (χ1) is 8.40. The molecule has 0 bridgehead atoms. The molecule has 1 aromatic rings. The highest BCUT2D eigenvalue weighted by atomic mass is 19.3. The van der Waals surface area contributed by atoms with Crippen molar-refractivity contribution >= 4 is 5.91 Å². The van der Waals surface area contributed by atoms with E-state index in [-0.39, 0.29) is 11.7 Å². The monoisotopic (exact) mass is 258 g/mol. The van der Waals surface area contributed by atoms with Crippen LogP contribution in [0.5, 0.6) is 5.75 Å². The summed E-state index contributed by atoms with van der Waals surface area (Å²) in [6, 6.07) is 5.57. The average Bonchev–Trinajstić information content (AvgIpc) is 2.29. The summed E-state index contributed by atoms with van der Waals surface area (Å²) in [7, 11) is 1.63. The predicted octanol–water partition coefficient (Wildman–Crippen LogP) is 1.59. The minimum absolute atomic E-state index is 0.0925. The van der Waals surface area contributed by atoms with Gasteiger partial charge in [-0.15, -0.1) is 0 Å². The quantitative estimate of drug-likeness (QED) is 0.872.